The first-order chi connectivity index (χ1) is 15.2. The van der Waals surface area contributed by atoms with Crippen molar-refractivity contribution in [3.05, 3.63) is 64.5 Å². The Bertz CT molecular complexity index is 1150. The molecule has 0 aliphatic carbocycles. The minimum Gasteiger partial charge on any atom is -0.385 e. The molecule has 0 aliphatic rings. The average Bonchev–Trinajstić information content (AvgIpc) is 3.41. The van der Waals surface area contributed by atoms with Gasteiger partial charge in [-0.3, -0.25) is 0 Å². The van der Waals surface area contributed by atoms with Gasteiger partial charge in [-0.1, -0.05) is 52.3 Å². The van der Waals surface area contributed by atoms with Crippen LogP contribution in [-0.4, -0.2) is 38.6 Å². The van der Waals surface area contributed by atoms with Gasteiger partial charge in [0.2, 0.25) is 11.7 Å². The van der Waals surface area contributed by atoms with Crippen LogP contribution in [0.15, 0.2) is 58.2 Å². The minimum absolute atomic E-state index is 0.464. The van der Waals surface area contributed by atoms with Crippen LogP contribution < -0.4 is 0 Å². The van der Waals surface area contributed by atoms with Gasteiger partial charge in [-0.15, -0.1) is 10.2 Å². The molecule has 2 aromatic heterocycles. The number of hydrogen-bond acceptors (Lipinski definition) is 7. The zero-order valence-electron chi connectivity index (χ0n) is 16.7. The van der Waals surface area contributed by atoms with Crippen molar-refractivity contribution in [1.82, 2.24) is 24.9 Å². The van der Waals surface area contributed by atoms with Gasteiger partial charge in [0.1, 0.15) is 0 Å². The molecule has 0 fully saturated rings. The van der Waals surface area contributed by atoms with Crippen LogP contribution in [0, 0.1) is 0 Å². The van der Waals surface area contributed by atoms with Crippen LogP contribution in [-0.2, 0) is 17.0 Å². The molecule has 10 heteroatoms. The van der Waals surface area contributed by atoms with E-state index in [-0.39, 0.29) is 0 Å². The molecule has 4 aromatic rings. The van der Waals surface area contributed by atoms with E-state index in [4.69, 9.17) is 32.5 Å². The summed E-state index contributed by atoms with van der Waals surface area (Å²) in [7, 11) is 1.69. The van der Waals surface area contributed by atoms with E-state index < -0.39 is 0 Å². The zero-order chi connectivity index (χ0) is 21.6. The summed E-state index contributed by atoms with van der Waals surface area (Å²) in [4.78, 5) is 4.47. The first-order valence-electron chi connectivity index (χ1n) is 9.54. The van der Waals surface area contributed by atoms with Gasteiger partial charge in [0.15, 0.2) is 11.0 Å². The van der Waals surface area contributed by atoms with Crippen LogP contribution in [0.1, 0.15) is 12.3 Å². The molecule has 0 atom stereocenters. The monoisotopic (exact) mass is 475 g/mol. The minimum atomic E-state index is 0.464. The van der Waals surface area contributed by atoms with E-state index in [0.717, 1.165) is 28.5 Å². The molecule has 0 saturated carbocycles. The standard InChI is InChI=1S/C21H19Cl2N5O2S/c1-29-12-4-11-28-20(16-5-2-3-6-17(16)23)25-26-21(28)31-13-18-24-19(27-30-18)14-7-9-15(22)10-8-14/h2-3,5-10H,4,11-13H2,1H3. The highest BCUT2D eigenvalue weighted by molar-refractivity contribution is 7.98. The predicted molar refractivity (Wildman–Crippen MR) is 121 cm³/mol. The summed E-state index contributed by atoms with van der Waals surface area (Å²) in [5.74, 6) is 2.20. The number of thioether (sulfide) groups is 1. The molecule has 2 heterocycles. The van der Waals surface area contributed by atoms with Gasteiger partial charge in [0, 0.05) is 36.4 Å². The number of hydrogen-bond donors (Lipinski definition) is 0. The fourth-order valence-electron chi connectivity index (χ4n) is 2.96. The van der Waals surface area contributed by atoms with E-state index in [1.54, 1.807) is 19.2 Å². The molecule has 0 aliphatic heterocycles. The topological polar surface area (TPSA) is 78.9 Å². The van der Waals surface area contributed by atoms with E-state index in [1.165, 1.54) is 11.8 Å². The lowest BCUT2D eigenvalue weighted by Gasteiger charge is -2.10. The summed E-state index contributed by atoms with van der Waals surface area (Å²) in [6, 6.07) is 14.9. The van der Waals surface area contributed by atoms with E-state index in [9.17, 15) is 0 Å². The van der Waals surface area contributed by atoms with Crippen molar-refractivity contribution in [3.8, 4) is 22.8 Å². The Kier molecular flexibility index (Phi) is 7.24. The summed E-state index contributed by atoms with van der Waals surface area (Å²) in [5.41, 5.74) is 1.68. The van der Waals surface area contributed by atoms with Crippen LogP contribution in [0.25, 0.3) is 22.8 Å². The maximum atomic E-state index is 6.39. The molecule has 0 saturated heterocycles. The van der Waals surface area contributed by atoms with Gasteiger partial charge >= 0.3 is 0 Å². The smallest absolute Gasteiger partial charge is 0.237 e. The molecule has 0 radical (unpaired) electrons. The zero-order valence-corrected chi connectivity index (χ0v) is 19.0. The molecule has 31 heavy (non-hydrogen) atoms. The Hall–Kier alpha value is -2.39. The first kappa shape index (κ1) is 21.8. The van der Waals surface area contributed by atoms with Crippen molar-refractivity contribution < 1.29 is 9.26 Å². The number of rotatable bonds is 9. The summed E-state index contributed by atoms with van der Waals surface area (Å²) >= 11 is 13.8. The summed E-state index contributed by atoms with van der Waals surface area (Å²) < 4.78 is 12.7. The maximum Gasteiger partial charge on any atom is 0.237 e. The van der Waals surface area contributed by atoms with Crippen molar-refractivity contribution in [2.75, 3.05) is 13.7 Å². The SMILES string of the molecule is COCCCn1c(SCc2nc(-c3ccc(Cl)cc3)no2)nnc1-c1ccccc1Cl. The summed E-state index contributed by atoms with van der Waals surface area (Å²) in [5, 5.41) is 14.9. The van der Waals surface area contributed by atoms with Crippen LogP contribution >= 0.6 is 35.0 Å². The lowest BCUT2D eigenvalue weighted by Crippen LogP contribution is -2.05. The van der Waals surface area contributed by atoms with Crippen LogP contribution in [0.3, 0.4) is 0 Å². The normalized spacial score (nSPS) is 11.2. The largest absolute Gasteiger partial charge is 0.385 e. The quantitative estimate of drug-likeness (QED) is 0.229. The van der Waals surface area contributed by atoms with Crippen LogP contribution in [0.2, 0.25) is 10.0 Å². The molecule has 7 nitrogen and oxygen atoms in total. The van der Waals surface area contributed by atoms with Gasteiger partial charge in [0.25, 0.3) is 0 Å². The van der Waals surface area contributed by atoms with Gasteiger partial charge in [-0.05, 0) is 42.8 Å². The van der Waals surface area contributed by atoms with Gasteiger partial charge in [-0.2, -0.15) is 4.98 Å². The van der Waals surface area contributed by atoms with Gasteiger partial charge < -0.3 is 13.8 Å². The number of benzene rings is 2. The fraction of sp³-hybridized carbons (Fsp3) is 0.238. The Morgan fingerprint density at radius 1 is 1.06 bits per heavy atom. The Balaban J connectivity index is 1.53. The lowest BCUT2D eigenvalue weighted by atomic mass is 10.2. The predicted octanol–water partition coefficient (Wildman–Crippen LogP) is 5.63. The molecule has 0 amide bonds. The molecule has 4 rings (SSSR count). The molecule has 0 unspecified atom stereocenters. The van der Waals surface area contributed by atoms with E-state index in [0.29, 0.717) is 40.7 Å². The molecular formula is C21H19Cl2N5O2S. The molecule has 2 aromatic carbocycles. The second-order valence-corrected chi connectivity index (χ2v) is 8.38. The summed E-state index contributed by atoms with van der Waals surface area (Å²) in [6.45, 7) is 1.34. The molecular weight excluding hydrogens is 457 g/mol. The van der Waals surface area contributed by atoms with Crippen molar-refractivity contribution in [2.45, 2.75) is 23.9 Å². The van der Waals surface area contributed by atoms with Gasteiger partial charge in [-0.25, -0.2) is 0 Å². The van der Waals surface area contributed by atoms with E-state index >= 15 is 0 Å². The van der Waals surface area contributed by atoms with Crippen molar-refractivity contribution in [3.63, 3.8) is 0 Å². The number of aromatic nitrogens is 5. The third-order valence-electron chi connectivity index (χ3n) is 4.46. The first-order valence-corrected chi connectivity index (χ1v) is 11.3. The molecule has 0 spiro atoms. The van der Waals surface area contributed by atoms with Crippen molar-refractivity contribution in [2.24, 2.45) is 0 Å². The Morgan fingerprint density at radius 3 is 2.65 bits per heavy atom. The number of halogens is 2. The highest BCUT2D eigenvalue weighted by Gasteiger charge is 2.18. The van der Waals surface area contributed by atoms with Crippen molar-refractivity contribution >= 4 is 35.0 Å². The Labute approximate surface area is 193 Å². The summed E-state index contributed by atoms with van der Waals surface area (Å²) in [6.07, 6.45) is 0.820. The third-order valence-corrected chi connectivity index (χ3v) is 5.99. The highest BCUT2D eigenvalue weighted by atomic mass is 35.5. The maximum absolute atomic E-state index is 6.39. The van der Waals surface area contributed by atoms with Crippen molar-refractivity contribution in [1.29, 1.82) is 0 Å². The number of nitrogens with zero attached hydrogens (tertiary/aromatic N) is 5. The van der Waals surface area contributed by atoms with Gasteiger partial charge in [0.05, 0.1) is 10.8 Å². The molecule has 0 N–H and O–H groups in total. The number of methoxy groups -OCH3 is 1. The Morgan fingerprint density at radius 2 is 1.87 bits per heavy atom. The lowest BCUT2D eigenvalue weighted by molar-refractivity contribution is 0.189. The fourth-order valence-corrected chi connectivity index (χ4v) is 4.11. The molecule has 160 valence electrons. The third kappa shape index (κ3) is 5.27. The van der Waals surface area contributed by atoms with E-state index in [2.05, 4.69) is 20.3 Å². The second-order valence-electron chi connectivity index (χ2n) is 6.59. The van der Waals surface area contributed by atoms with Crippen LogP contribution in [0.5, 0.6) is 0 Å². The number of ether oxygens (including phenoxy) is 1. The highest BCUT2D eigenvalue weighted by Crippen LogP contribution is 2.30. The van der Waals surface area contributed by atoms with Crippen LogP contribution in [0.4, 0.5) is 0 Å². The average molecular weight is 476 g/mol. The second kappa shape index (κ2) is 10.3. The molecule has 0 bridgehead atoms. The van der Waals surface area contributed by atoms with E-state index in [1.807, 2.05) is 41.0 Å².